The first-order chi connectivity index (χ1) is 10.5. The first-order valence-corrected chi connectivity index (χ1v) is 8.15. The summed E-state index contributed by atoms with van der Waals surface area (Å²) >= 11 is 11.8. The summed E-state index contributed by atoms with van der Waals surface area (Å²) in [5.74, 6) is 0.737. The second kappa shape index (κ2) is 7.84. The number of Topliss-reactive ketones (excluding diaryl/α,β-unsaturated/α-hetero) is 1. The van der Waals surface area contributed by atoms with E-state index in [1.54, 1.807) is 23.1 Å². The Labute approximate surface area is 140 Å². The molecule has 1 amide bonds. The average molecular weight is 344 g/mol. The molecule has 1 heterocycles. The van der Waals surface area contributed by atoms with Crippen LogP contribution in [-0.2, 0) is 9.59 Å². The topological polar surface area (TPSA) is 46.6 Å². The van der Waals surface area contributed by atoms with Crippen molar-refractivity contribution < 1.29 is 14.3 Å². The molecule has 0 bridgehead atoms. The lowest BCUT2D eigenvalue weighted by molar-refractivity contribution is -0.136. The monoisotopic (exact) mass is 343 g/mol. The fourth-order valence-corrected chi connectivity index (χ4v) is 3.03. The zero-order chi connectivity index (χ0) is 16.1. The van der Waals surface area contributed by atoms with Crippen molar-refractivity contribution in [3.63, 3.8) is 0 Å². The van der Waals surface area contributed by atoms with Crippen LogP contribution < -0.4 is 4.74 Å². The summed E-state index contributed by atoms with van der Waals surface area (Å²) < 4.78 is 5.45. The lowest BCUT2D eigenvalue weighted by Gasteiger charge is -2.31. The molecule has 4 nitrogen and oxygen atoms in total. The fraction of sp³-hybridized carbons (Fsp3) is 0.500. The maximum atomic E-state index is 12.1. The summed E-state index contributed by atoms with van der Waals surface area (Å²) in [7, 11) is 0. The van der Waals surface area contributed by atoms with Gasteiger partial charge in [0.2, 0.25) is 0 Å². The van der Waals surface area contributed by atoms with Gasteiger partial charge in [-0.3, -0.25) is 9.59 Å². The SMILES string of the molecule is CCC(=O)C1CCN(C(=O)COc2ccc(Cl)cc2Cl)CC1. The summed E-state index contributed by atoms with van der Waals surface area (Å²) in [6.45, 7) is 3.03. The molecule has 0 saturated carbocycles. The number of amides is 1. The highest BCUT2D eigenvalue weighted by Gasteiger charge is 2.26. The number of piperidine rings is 1. The maximum Gasteiger partial charge on any atom is 0.260 e. The Balaban J connectivity index is 1.82. The van der Waals surface area contributed by atoms with Crippen LogP contribution in [0.5, 0.6) is 5.75 Å². The van der Waals surface area contributed by atoms with Gasteiger partial charge < -0.3 is 9.64 Å². The van der Waals surface area contributed by atoms with Crippen LogP contribution in [0.1, 0.15) is 26.2 Å². The highest BCUT2D eigenvalue weighted by atomic mass is 35.5. The molecule has 1 aliphatic heterocycles. The predicted molar refractivity (Wildman–Crippen MR) is 86.6 cm³/mol. The molecule has 0 unspecified atom stereocenters. The molecule has 0 aliphatic carbocycles. The number of carbonyl (C=O) groups excluding carboxylic acids is 2. The van der Waals surface area contributed by atoms with Crippen molar-refractivity contribution in [1.29, 1.82) is 0 Å². The average Bonchev–Trinajstić information content (AvgIpc) is 2.53. The molecule has 1 aromatic rings. The van der Waals surface area contributed by atoms with Gasteiger partial charge in [0.05, 0.1) is 5.02 Å². The zero-order valence-corrected chi connectivity index (χ0v) is 14.0. The van der Waals surface area contributed by atoms with E-state index in [4.69, 9.17) is 27.9 Å². The number of benzene rings is 1. The van der Waals surface area contributed by atoms with Gasteiger partial charge in [0.1, 0.15) is 11.5 Å². The lowest BCUT2D eigenvalue weighted by atomic mass is 9.91. The third-order valence-corrected chi connectivity index (χ3v) is 4.43. The Morgan fingerprint density at radius 3 is 2.55 bits per heavy atom. The Morgan fingerprint density at radius 1 is 1.27 bits per heavy atom. The number of ether oxygens (including phenoxy) is 1. The number of ketones is 1. The molecule has 120 valence electrons. The number of hydrogen-bond acceptors (Lipinski definition) is 3. The van der Waals surface area contributed by atoms with E-state index in [0.29, 0.717) is 35.3 Å². The van der Waals surface area contributed by atoms with Crippen LogP contribution in [0.15, 0.2) is 18.2 Å². The molecule has 2 rings (SSSR count). The highest BCUT2D eigenvalue weighted by molar-refractivity contribution is 6.35. The molecule has 0 N–H and O–H groups in total. The van der Waals surface area contributed by atoms with Crippen molar-refractivity contribution in [2.45, 2.75) is 26.2 Å². The van der Waals surface area contributed by atoms with Gasteiger partial charge in [-0.05, 0) is 31.0 Å². The van der Waals surface area contributed by atoms with E-state index in [9.17, 15) is 9.59 Å². The van der Waals surface area contributed by atoms with Gasteiger partial charge >= 0.3 is 0 Å². The Bertz CT molecular complexity index is 554. The Morgan fingerprint density at radius 2 is 1.95 bits per heavy atom. The second-order valence-electron chi connectivity index (χ2n) is 5.34. The molecule has 22 heavy (non-hydrogen) atoms. The Hall–Kier alpha value is -1.26. The van der Waals surface area contributed by atoms with Crippen LogP contribution in [0.2, 0.25) is 10.0 Å². The standard InChI is InChI=1S/C16H19Cl2NO3/c1-2-14(20)11-5-7-19(8-6-11)16(21)10-22-15-4-3-12(17)9-13(15)18/h3-4,9,11H,2,5-8,10H2,1H3. The molecule has 1 saturated heterocycles. The summed E-state index contributed by atoms with van der Waals surface area (Å²) in [5, 5.41) is 0.902. The minimum Gasteiger partial charge on any atom is -0.482 e. The summed E-state index contributed by atoms with van der Waals surface area (Å²) in [6, 6.07) is 4.88. The van der Waals surface area contributed by atoms with E-state index in [0.717, 1.165) is 12.8 Å². The number of hydrogen-bond donors (Lipinski definition) is 0. The fourth-order valence-electron chi connectivity index (χ4n) is 2.56. The van der Waals surface area contributed by atoms with Crippen LogP contribution in [0.3, 0.4) is 0 Å². The van der Waals surface area contributed by atoms with Gasteiger partial charge in [0, 0.05) is 30.5 Å². The second-order valence-corrected chi connectivity index (χ2v) is 6.18. The molecule has 1 aliphatic rings. The number of rotatable bonds is 5. The van der Waals surface area contributed by atoms with E-state index in [-0.39, 0.29) is 24.2 Å². The maximum absolute atomic E-state index is 12.1. The van der Waals surface area contributed by atoms with Gasteiger partial charge in [0.25, 0.3) is 5.91 Å². The molecule has 6 heteroatoms. The predicted octanol–water partition coefficient (Wildman–Crippen LogP) is 3.59. The van der Waals surface area contributed by atoms with Crippen molar-refractivity contribution in [2.24, 2.45) is 5.92 Å². The number of nitrogens with zero attached hydrogens (tertiary/aromatic N) is 1. The Kier molecular flexibility index (Phi) is 6.09. The zero-order valence-electron chi connectivity index (χ0n) is 12.5. The molecular weight excluding hydrogens is 325 g/mol. The lowest BCUT2D eigenvalue weighted by Crippen LogP contribution is -2.42. The third-order valence-electron chi connectivity index (χ3n) is 3.90. The normalized spacial score (nSPS) is 15.7. The van der Waals surface area contributed by atoms with Gasteiger partial charge in [-0.1, -0.05) is 30.1 Å². The van der Waals surface area contributed by atoms with Crippen molar-refractivity contribution in [3.05, 3.63) is 28.2 Å². The smallest absolute Gasteiger partial charge is 0.260 e. The van der Waals surface area contributed by atoms with E-state index in [1.807, 2.05) is 6.92 Å². The quantitative estimate of drug-likeness (QED) is 0.820. The van der Waals surface area contributed by atoms with Crippen molar-refractivity contribution in [2.75, 3.05) is 19.7 Å². The number of carbonyl (C=O) groups is 2. The minimum absolute atomic E-state index is 0.0618. The molecular formula is C16H19Cl2NO3. The molecule has 0 atom stereocenters. The molecule has 1 aromatic carbocycles. The highest BCUT2D eigenvalue weighted by Crippen LogP contribution is 2.27. The van der Waals surface area contributed by atoms with Crippen LogP contribution >= 0.6 is 23.2 Å². The van der Waals surface area contributed by atoms with Gasteiger partial charge in [-0.25, -0.2) is 0 Å². The van der Waals surface area contributed by atoms with Crippen molar-refractivity contribution in [1.82, 2.24) is 4.90 Å². The first kappa shape index (κ1) is 17.1. The van der Waals surface area contributed by atoms with Crippen LogP contribution in [0.4, 0.5) is 0 Å². The summed E-state index contributed by atoms with van der Waals surface area (Å²) in [6.07, 6.45) is 2.04. The molecule has 0 radical (unpaired) electrons. The van der Waals surface area contributed by atoms with Crippen LogP contribution in [-0.4, -0.2) is 36.3 Å². The largest absolute Gasteiger partial charge is 0.482 e. The van der Waals surface area contributed by atoms with E-state index < -0.39 is 0 Å². The first-order valence-electron chi connectivity index (χ1n) is 7.39. The number of likely N-dealkylation sites (tertiary alicyclic amines) is 1. The summed E-state index contributed by atoms with van der Waals surface area (Å²) in [4.78, 5) is 25.5. The van der Waals surface area contributed by atoms with E-state index >= 15 is 0 Å². The molecule has 0 spiro atoms. The van der Waals surface area contributed by atoms with Crippen LogP contribution in [0, 0.1) is 5.92 Å². The van der Waals surface area contributed by atoms with Gasteiger partial charge in [-0.2, -0.15) is 0 Å². The minimum atomic E-state index is -0.0894. The van der Waals surface area contributed by atoms with Gasteiger partial charge in [-0.15, -0.1) is 0 Å². The summed E-state index contributed by atoms with van der Waals surface area (Å²) in [5.41, 5.74) is 0. The third kappa shape index (κ3) is 4.37. The number of halogens is 2. The molecule has 1 fully saturated rings. The van der Waals surface area contributed by atoms with E-state index in [2.05, 4.69) is 0 Å². The van der Waals surface area contributed by atoms with Crippen LogP contribution in [0.25, 0.3) is 0 Å². The van der Waals surface area contributed by atoms with E-state index in [1.165, 1.54) is 0 Å². The van der Waals surface area contributed by atoms with Crippen molar-refractivity contribution in [3.8, 4) is 5.75 Å². The van der Waals surface area contributed by atoms with Gasteiger partial charge in [0.15, 0.2) is 6.61 Å². The molecule has 0 aromatic heterocycles. The van der Waals surface area contributed by atoms with Crippen molar-refractivity contribution >= 4 is 34.9 Å².